The smallest absolute Gasteiger partial charge is 0.264 e. The molecule has 3 aromatic rings. The van der Waals surface area contributed by atoms with Gasteiger partial charge in [-0.2, -0.15) is 0 Å². The molecular weight excluding hydrogens is 561 g/mol. The summed E-state index contributed by atoms with van der Waals surface area (Å²) in [5, 5.41) is 2.90. The van der Waals surface area contributed by atoms with Crippen molar-refractivity contribution in [1.29, 1.82) is 0 Å². The predicted molar refractivity (Wildman–Crippen MR) is 157 cm³/mol. The Labute approximate surface area is 246 Å². The van der Waals surface area contributed by atoms with E-state index in [1.54, 1.807) is 6.92 Å². The summed E-state index contributed by atoms with van der Waals surface area (Å²) >= 11 is 0. The van der Waals surface area contributed by atoms with Crippen LogP contribution in [0.3, 0.4) is 0 Å². The van der Waals surface area contributed by atoms with Gasteiger partial charge in [-0.1, -0.05) is 36.8 Å². The summed E-state index contributed by atoms with van der Waals surface area (Å²) in [4.78, 5) is 28.4. The number of halogens is 1. The molecule has 1 heterocycles. The van der Waals surface area contributed by atoms with Crippen LogP contribution in [-0.2, 0) is 26.2 Å². The monoisotopic (exact) mass is 597 g/mol. The van der Waals surface area contributed by atoms with Crippen molar-refractivity contribution in [2.75, 3.05) is 24.1 Å². The van der Waals surface area contributed by atoms with E-state index in [1.807, 2.05) is 45.0 Å². The number of hydrogen-bond acceptors (Lipinski definition) is 6. The Bertz CT molecular complexity index is 1510. The number of carbonyl (C=O) groups excluding carboxylic acids is 2. The summed E-state index contributed by atoms with van der Waals surface area (Å²) in [6.07, 6.45) is 0.705. The number of hydrogen-bond donors (Lipinski definition) is 1. The van der Waals surface area contributed by atoms with Crippen LogP contribution in [-0.4, -0.2) is 57.0 Å². The Morgan fingerprint density at radius 3 is 2.24 bits per heavy atom. The van der Waals surface area contributed by atoms with Crippen molar-refractivity contribution >= 4 is 27.5 Å². The molecule has 2 amide bonds. The maximum atomic E-state index is 14.0. The second-order valence-electron chi connectivity index (χ2n) is 10.3. The Kier molecular flexibility index (Phi) is 9.72. The first-order valence-corrected chi connectivity index (χ1v) is 15.3. The molecule has 1 aliphatic heterocycles. The van der Waals surface area contributed by atoms with Gasteiger partial charge in [0.05, 0.1) is 10.6 Å². The number of rotatable bonds is 11. The molecule has 0 fully saturated rings. The molecule has 11 heteroatoms. The zero-order chi connectivity index (χ0) is 30.4. The molecule has 0 unspecified atom stereocenters. The van der Waals surface area contributed by atoms with E-state index in [9.17, 15) is 22.4 Å². The van der Waals surface area contributed by atoms with E-state index in [0.29, 0.717) is 18.8 Å². The minimum Gasteiger partial charge on any atom is -0.486 e. The van der Waals surface area contributed by atoms with Crippen LogP contribution in [0.4, 0.5) is 10.1 Å². The second-order valence-corrected chi connectivity index (χ2v) is 12.2. The van der Waals surface area contributed by atoms with Gasteiger partial charge in [-0.15, -0.1) is 0 Å². The number of fused-ring (bicyclic) bond motifs is 1. The maximum absolute atomic E-state index is 14.0. The Morgan fingerprint density at radius 1 is 0.952 bits per heavy atom. The highest BCUT2D eigenvalue weighted by atomic mass is 32.2. The molecule has 3 aromatic carbocycles. The van der Waals surface area contributed by atoms with Gasteiger partial charge >= 0.3 is 0 Å². The highest BCUT2D eigenvalue weighted by Gasteiger charge is 2.33. The van der Waals surface area contributed by atoms with Gasteiger partial charge in [-0.25, -0.2) is 12.8 Å². The van der Waals surface area contributed by atoms with Gasteiger partial charge in [0.1, 0.15) is 31.6 Å². The van der Waals surface area contributed by atoms with E-state index in [4.69, 9.17) is 9.47 Å². The number of benzene rings is 3. The molecule has 1 aliphatic rings. The summed E-state index contributed by atoms with van der Waals surface area (Å²) in [6, 6.07) is 15.6. The van der Waals surface area contributed by atoms with Crippen LogP contribution in [0.2, 0.25) is 0 Å². The zero-order valence-corrected chi connectivity index (χ0v) is 25.0. The molecule has 0 saturated heterocycles. The van der Waals surface area contributed by atoms with Crippen molar-refractivity contribution in [3.05, 3.63) is 83.7 Å². The van der Waals surface area contributed by atoms with E-state index < -0.39 is 34.3 Å². The molecule has 0 aliphatic carbocycles. The van der Waals surface area contributed by atoms with Crippen molar-refractivity contribution in [2.45, 2.75) is 57.6 Å². The van der Waals surface area contributed by atoms with Crippen molar-refractivity contribution in [2.24, 2.45) is 0 Å². The van der Waals surface area contributed by atoms with E-state index in [0.717, 1.165) is 27.6 Å². The molecule has 9 nitrogen and oxygen atoms in total. The lowest BCUT2D eigenvalue weighted by Crippen LogP contribution is -2.52. The van der Waals surface area contributed by atoms with Gasteiger partial charge in [0.15, 0.2) is 11.5 Å². The topological polar surface area (TPSA) is 105 Å². The third-order valence-corrected chi connectivity index (χ3v) is 8.91. The van der Waals surface area contributed by atoms with Gasteiger partial charge in [-0.05, 0) is 69.2 Å². The highest BCUT2D eigenvalue weighted by molar-refractivity contribution is 7.92. The molecule has 224 valence electrons. The van der Waals surface area contributed by atoms with Crippen molar-refractivity contribution in [3.63, 3.8) is 0 Å². The molecule has 2 atom stereocenters. The third kappa shape index (κ3) is 7.20. The fourth-order valence-corrected chi connectivity index (χ4v) is 5.82. The number of ether oxygens (including phenoxy) is 2. The lowest BCUT2D eigenvalue weighted by atomic mass is 10.1. The molecular formula is C31H36FN3O6S. The Hall–Kier alpha value is -4.12. The number of anilines is 1. The van der Waals surface area contributed by atoms with Crippen LogP contribution in [0.5, 0.6) is 11.5 Å². The van der Waals surface area contributed by atoms with Crippen LogP contribution in [0.25, 0.3) is 0 Å². The fourth-order valence-electron chi connectivity index (χ4n) is 4.39. The van der Waals surface area contributed by atoms with Crippen molar-refractivity contribution in [1.82, 2.24) is 10.2 Å². The van der Waals surface area contributed by atoms with E-state index in [2.05, 4.69) is 5.32 Å². The summed E-state index contributed by atoms with van der Waals surface area (Å²) in [7, 11) is -4.35. The van der Waals surface area contributed by atoms with Crippen molar-refractivity contribution in [3.8, 4) is 11.5 Å². The second kappa shape index (κ2) is 13.2. The van der Waals surface area contributed by atoms with Crippen LogP contribution in [0.15, 0.2) is 71.6 Å². The summed E-state index contributed by atoms with van der Waals surface area (Å²) in [6.45, 7) is 7.42. The normalized spacial score (nSPS) is 14.0. The van der Waals surface area contributed by atoms with E-state index in [1.165, 1.54) is 35.2 Å². The number of sulfonamides is 1. The number of carbonyl (C=O) groups is 2. The fraction of sp³-hybridized carbons (Fsp3) is 0.355. The number of amides is 2. The number of nitrogens with zero attached hydrogens (tertiary/aromatic N) is 2. The summed E-state index contributed by atoms with van der Waals surface area (Å²) in [5.74, 6) is -0.835. The van der Waals surface area contributed by atoms with Crippen LogP contribution in [0.1, 0.15) is 38.3 Å². The quantitative estimate of drug-likeness (QED) is 0.351. The molecule has 0 radical (unpaired) electrons. The van der Waals surface area contributed by atoms with Gasteiger partial charge in [-0.3, -0.25) is 13.9 Å². The maximum Gasteiger partial charge on any atom is 0.264 e. The predicted octanol–water partition coefficient (Wildman–Crippen LogP) is 4.43. The first-order chi connectivity index (χ1) is 20.0. The summed E-state index contributed by atoms with van der Waals surface area (Å²) < 4.78 is 53.9. The Balaban J connectivity index is 1.71. The first-order valence-electron chi connectivity index (χ1n) is 13.8. The SMILES string of the molecule is CC[C@@H](C)NC(=O)[C@H](C)N(Cc1ccc(C)cc1)C(=O)CN(c1ccc(F)cc1)S(=O)(=O)c1ccc2c(c1)OCCO2. The third-order valence-electron chi connectivity index (χ3n) is 7.14. The zero-order valence-electron chi connectivity index (χ0n) is 24.2. The lowest BCUT2D eigenvalue weighted by Gasteiger charge is -2.32. The Morgan fingerprint density at radius 2 is 1.60 bits per heavy atom. The molecule has 0 aromatic heterocycles. The highest BCUT2D eigenvalue weighted by Crippen LogP contribution is 2.34. The average molecular weight is 598 g/mol. The summed E-state index contributed by atoms with van der Waals surface area (Å²) in [5.41, 5.74) is 1.90. The molecule has 42 heavy (non-hydrogen) atoms. The van der Waals surface area contributed by atoms with E-state index in [-0.39, 0.29) is 41.4 Å². The van der Waals surface area contributed by atoms with Crippen LogP contribution in [0, 0.1) is 12.7 Å². The number of aryl methyl sites for hydroxylation is 1. The molecule has 4 rings (SSSR count). The molecule has 1 N–H and O–H groups in total. The van der Waals surface area contributed by atoms with Gasteiger partial charge in [0.2, 0.25) is 11.8 Å². The number of nitrogens with one attached hydrogen (secondary N) is 1. The molecule has 0 bridgehead atoms. The average Bonchev–Trinajstić information content (AvgIpc) is 2.99. The van der Waals surface area contributed by atoms with E-state index >= 15 is 0 Å². The first kappa shape index (κ1) is 30.8. The van der Waals surface area contributed by atoms with Crippen LogP contribution < -0.4 is 19.1 Å². The lowest BCUT2D eigenvalue weighted by molar-refractivity contribution is -0.139. The van der Waals surface area contributed by atoms with Gasteiger partial charge in [0.25, 0.3) is 10.0 Å². The standard InChI is InChI=1S/C31H36FN3O6S/c1-5-22(3)33-31(37)23(4)34(19-24-8-6-21(2)7-9-24)30(36)20-35(26-12-10-25(32)11-13-26)42(38,39)27-14-15-28-29(18-27)41-17-16-40-28/h6-15,18,22-23H,5,16-17,19-20H2,1-4H3,(H,33,37)/t22-,23+/m1/s1. The minimum atomic E-state index is -4.35. The van der Waals surface area contributed by atoms with Gasteiger partial charge < -0.3 is 19.7 Å². The molecule has 0 spiro atoms. The van der Waals surface area contributed by atoms with Crippen LogP contribution >= 0.6 is 0 Å². The largest absolute Gasteiger partial charge is 0.486 e. The van der Waals surface area contributed by atoms with Crippen molar-refractivity contribution < 1.29 is 31.9 Å². The molecule has 0 saturated carbocycles. The van der Waals surface area contributed by atoms with Gasteiger partial charge in [0, 0.05) is 18.7 Å². The minimum absolute atomic E-state index is 0.0789.